The van der Waals surface area contributed by atoms with Crippen molar-refractivity contribution in [2.45, 2.75) is 27.2 Å². The molecule has 0 aliphatic heterocycles. The van der Waals surface area contributed by atoms with Crippen LogP contribution in [0.2, 0.25) is 0 Å². The number of carbonyl (C=O) groups is 1. The highest BCUT2D eigenvalue weighted by atomic mass is 32.1. The highest BCUT2D eigenvalue weighted by molar-refractivity contribution is 7.80. The van der Waals surface area contributed by atoms with Gasteiger partial charge in [-0.05, 0) is 38.0 Å². The maximum absolute atomic E-state index is 11.8. The summed E-state index contributed by atoms with van der Waals surface area (Å²) in [5.41, 5.74) is 6.96. The minimum Gasteiger partial charge on any atom is -0.361 e. The molecule has 0 saturated carbocycles. The first kappa shape index (κ1) is 13.9. The maximum Gasteiger partial charge on any atom is 0.270 e. The molecule has 1 aromatic rings. The maximum atomic E-state index is 11.8. The van der Waals surface area contributed by atoms with Gasteiger partial charge in [-0.15, -0.1) is 11.3 Å². The van der Waals surface area contributed by atoms with Gasteiger partial charge in [0.1, 0.15) is 0 Å². The molecule has 0 aliphatic carbocycles. The Hall–Kier alpha value is -1.14. The summed E-state index contributed by atoms with van der Waals surface area (Å²) in [5.74, 6) is -0.160. The Morgan fingerprint density at radius 3 is 2.65 bits per heavy atom. The normalized spacial score (nSPS) is 9.82. The van der Waals surface area contributed by atoms with Crippen LogP contribution in [0.3, 0.4) is 0 Å². The van der Waals surface area contributed by atoms with Gasteiger partial charge in [0.25, 0.3) is 5.91 Å². The molecule has 17 heavy (non-hydrogen) atoms. The second kappa shape index (κ2) is 6.56. The minimum absolute atomic E-state index is 0.160. The molecule has 6 heteroatoms. The molecule has 0 atom stereocenters. The second-order valence-corrected chi connectivity index (χ2v) is 5.16. The average molecular weight is 271 g/mol. The van der Waals surface area contributed by atoms with Gasteiger partial charge < -0.3 is 5.32 Å². The molecule has 0 spiro atoms. The molecule has 94 valence electrons. The van der Waals surface area contributed by atoms with Crippen molar-refractivity contribution in [3.8, 4) is 0 Å². The number of thiocarbonyl (C=S) groups is 1. The number of thiophene rings is 1. The third kappa shape index (κ3) is 3.98. The Morgan fingerprint density at radius 2 is 2.12 bits per heavy atom. The van der Waals surface area contributed by atoms with Gasteiger partial charge in [-0.2, -0.15) is 0 Å². The van der Waals surface area contributed by atoms with Crippen LogP contribution in [-0.4, -0.2) is 17.6 Å². The third-order valence-electron chi connectivity index (χ3n) is 2.36. The van der Waals surface area contributed by atoms with Crippen molar-refractivity contribution >= 4 is 34.6 Å². The fourth-order valence-corrected chi connectivity index (χ4v) is 2.22. The number of amides is 1. The van der Waals surface area contributed by atoms with Crippen LogP contribution in [0.1, 0.15) is 34.1 Å². The van der Waals surface area contributed by atoms with E-state index in [-0.39, 0.29) is 5.91 Å². The molecule has 0 fully saturated rings. The largest absolute Gasteiger partial charge is 0.361 e. The van der Waals surface area contributed by atoms with Gasteiger partial charge in [0.05, 0.1) is 5.56 Å². The molecule has 0 radical (unpaired) electrons. The predicted molar refractivity (Wildman–Crippen MR) is 75.3 cm³/mol. The Labute approximate surface area is 111 Å². The summed E-state index contributed by atoms with van der Waals surface area (Å²) in [6.07, 6.45) is 0.985. The average Bonchev–Trinajstić information content (AvgIpc) is 2.64. The monoisotopic (exact) mass is 271 g/mol. The van der Waals surface area contributed by atoms with E-state index >= 15 is 0 Å². The summed E-state index contributed by atoms with van der Waals surface area (Å²) >= 11 is 6.56. The lowest BCUT2D eigenvalue weighted by atomic mass is 10.2. The van der Waals surface area contributed by atoms with Gasteiger partial charge in [-0.1, -0.05) is 6.92 Å². The zero-order valence-corrected chi connectivity index (χ0v) is 11.8. The summed E-state index contributed by atoms with van der Waals surface area (Å²) in [7, 11) is 0. The highest BCUT2D eigenvalue weighted by Crippen LogP contribution is 2.19. The Bertz CT molecular complexity index is 415. The van der Waals surface area contributed by atoms with E-state index in [0.717, 1.165) is 23.4 Å². The first-order chi connectivity index (χ1) is 8.06. The summed E-state index contributed by atoms with van der Waals surface area (Å²) in [4.78, 5) is 13.0. The molecule has 0 unspecified atom stereocenters. The second-order valence-electron chi connectivity index (χ2n) is 3.67. The molecule has 1 amide bonds. The third-order valence-corrected chi connectivity index (χ3v) is 3.62. The van der Waals surface area contributed by atoms with Crippen molar-refractivity contribution < 1.29 is 4.79 Å². The van der Waals surface area contributed by atoms with Crippen LogP contribution in [0.4, 0.5) is 0 Å². The lowest BCUT2D eigenvalue weighted by Gasteiger charge is -2.10. The quantitative estimate of drug-likeness (QED) is 0.580. The van der Waals surface area contributed by atoms with Crippen LogP contribution < -0.4 is 16.2 Å². The van der Waals surface area contributed by atoms with Gasteiger partial charge in [-0.25, -0.2) is 0 Å². The molecule has 0 aliphatic rings. The zero-order chi connectivity index (χ0) is 12.8. The Balaban J connectivity index is 2.45. The molecule has 0 saturated heterocycles. The van der Waals surface area contributed by atoms with E-state index in [1.54, 1.807) is 11.3 Å². The van der Waals surface area contributed by atoms with E-state index in [9.17, 15) is 4.79 Å². The van der Waals surface area contributed by atoms with Crippen LogP contribution in [-0.2, 0) is 0 Å². The van der Waals surface area contributed by atoms with Crippen LogP contribution >= 0.6 is 23.6 Å². The number of rotatable bonds is 3. The molecular formula is C11H17N3OS2. The van der Waals surface area contributed by atoms with E-state index < -0.39 is 0 Å². The first-order valence-electron chi connectivity index (χ1n) is 5.45. The smallest absolute Gasteiger partial charge is 0.270 e. The number of hydrogen-bond donors (Lipinski definition) is 3. The molecule has 3 N–H and O–H groups in total. The van der Waals surface area contributed by atoms with Gasteiger partial charge >= 0.3 is 0 Å². The van der Waals surface area contributed by atoms with Gasteiger partial charge in [0.15, 0.2) is 5.11 Å². The topological polar surface area (TPSA) is 53.2 Å². The van der Waals surface area contributed by atoms with Crippen molar-refractivity contribution in [1.82, 2.24) is 16.2 Å². The van der Waals surface area contributed by atoms with Crippen molar-refractivity contribution in [2.24, 2.45) is 0 Å². The first-order valence-corrected chi connectivity index (χ1v) is 6.74. The fraction of sp³-hybridized carbons (Fsp3) is 0.455. The van der Waals surface area contributed by atoms with Crippen molar-refractivity contribution in [3.05, 3.63) is 21.4 Å². The number of carbonyl (C=O) groups excluding carboxylic acids is 1. The van der Waals surface area contributed by atoms with Crippen LogP contribution in [0, 0.1) is 13.8 Å². The minimum atomic E-state index is -0.160. The molecule has 0 aromatic carbocycles. The van der Waals surface area contributed by atoms with Crippen LogP contribution in [0.15, 0.2) is 5.38 Å². The van der Waals surface area contributed by atoms with Crippen molar-refractivity contribution in [1.29, 1.82) is 0 Å². The summed E-state index contributed by atoms with van der Waals surface area (Å²) < 4.78 is 0. The van der Waals surface area contributed by atoms with Crippen LogP contribution in [0.25, 0.3) is 0 Å². The lowest BCUT2D eigenvalue weighted by molar-refractivity contribution is 0.0943. The zero-order valence-electron chi connectivity index (χ0n) is 10.2. The lowest BCUT2D eigenvalue weighted by Crippen LogP contribution is -2.46. The summed E-state index contributed by atoms with van der Waals surface area (Å²) in [6, 6.07) is 0. The Morgan fingerprint density at radius 1 is 1.41 bits per heavy atom. The van der Waals surface area contributed by atoms with Crippen molar-refractivity contribution in [2.75, 3.05) is 6.54 Å². The number of hydrogen-bond acceptors (Lipinski definition) is 3. The summed E-state index contributed by atoms with van der Waals surface area (Å²) in [6.45, 7) is 6.77. The molecule has 1 aromatic heterocycles. The molecule has 0 bridgehead atoms. The van der Waals surface area contributed by atoms with Gasteiger partial charge in [0.2, 0.25) is 0 Å². The number of hydrazine groups is 1. The SMILES string of the molecule is CCCNC(=S)NNC(=O)c1csc(C)c1C. The number of nitrogens with one attached hydrogen (secondary N) is 3. The number of aryl methyl sites for hydroxylation is 1. The fourth-order valence-electron chi connectivity index (χ4n) is 1.20. The van der Waals surface area contributed by atoms with E-state index in [0.29, 0.717) is 10.7 Å². The summed E-state index contributed by atoms with van der Waals surface area (Å²) in [5, 5.41) is 5.25. The van der Waals surface area contributed by atoms with Gasteiger partial charge in [-0.3, -0.25) is 15.6 Å². The van der Waals surface area contributed by atoms with Crippen LogP contribution in [0.5, 0.6) is 0 Å². The van der Waals surface area contributed by atoms with E-state index in [1.807, 2.05) is 26.2 Å². The van der Waals surface area contributed by atoms with Gasteiger partial charge in [0, 0.05) is 16.8 Å². The predicted octanol–water partition coefficient (Wildman–Crippen LogP) is 1.88. The molecule has 1 heterocycles. The van der Waals surface area contributed by atoms with E-state index in [4.69, 9.17) is 12.2 Å². The van der Waals surface area contributed by atoms with Crippen molar-refractivity contribution in [3.63, 3.8) is 0 Å². The highest BCUT2D eigenvalue weighted by Gasteiger charge is 2.12. The molecular weight excluding hydrogens is 254 g/mol. The Kier molecular flexibility index (Phi) is 5.37. The van der Waals surface area contributed by atoms with E-state index in [2.05, 4.69) is 16.2 Å². The standard InChI is InChI=1S/C11H17N3OS2/c1-4-5-12-11(16)14-13-10(15)9-6-17-8(3)7(9)2/h6H,4-5H2,1-3H3,(H,13,15)(H2,12,14,16). The molecule has 4 nitrogen and oxygen atoms in total. The van der Waals surface area contributed by atoms with E-state index in [1.165, 1.54) is 0 Å². The molecule has 1 rings (SSSR count).